The van der Waals surface area contributed by atoms with Crippen molar-refractivity contribution >= 4 is 0 Å². The van der Waals surface area contributed by atoms with Crippen molar-refractivity contribution in [1.29, 1.82) is 0 Å². The van der Waals surface area contributed by atoms with Crippen molar-refractivity contribution in [2.24, 2.45) is 5.73 Å². The third-order valence-electron chi connectivity index (χ3n) is 1.96. The fourth-order valence-electron chi connectivity index (χ4n) is 1.04. The molecule has 2 atom stereocenters. The van der Waals surface area contributed by atoms with Gasteiger partial charge in [0.1, 0.15) is 5.60 Å². The first-order valence-corrected chi connectivity index (χ1v) is 3.53. The Morgan fingerprint density at radius 3 is 2.70 bits per heavy atom. The van der Waals surface area contributed by atoms with Crippen molar-refractivity contribution in [3.05, 3.63) is 24.3 Å². The number of aliphatic hydroxyl groups is 1. The number of hydrogen-bond acceptors (Lipinski definition) is 2. The van der Waals surface area contributed by atoms with Gasteiger partial charge in [0.05, 0.1) is 6.04 Å². The molecule has 2 heteroatoms. The van der Waals surface area contributed by atoms with E-state index in [1.165, 1.54) is 0 Å². The molecule has 1 aliphatic carbocycles. The molecule has 0 amide bonds. The smallest absolute Gasteiger partial charge is 0.101 e. The Hall–Kier alpha value is -0.600. The summed E-state index contributed by atoms with van der Waals surface area (Å²) < 4.78 is 0. The second-order valence-electron chi connectivity index (χ2n) is 2.61. The molecule has 1 unspecified atom stereocenters. The normalized spacial score (nSPS) is 38.5. The third-order valence-corrected chi connectivity index (χ3v) is 1.96. The molecule has 0 aromatic rings. The summed E-state index contributed by atoms with van der Waals surface area (Å²) in [7, 11) is 0. The van der Waals surface area contributed by atoms with Crippen molar-refractivity contribution in [3.8, 4) is 0 Å². The van der Waals surface area contributed by atoms with Gasteiger partial charge < -0.3 is 10.8 Å². The summed E-state index contributed by atoms with van der Waals surface area (Å²) >= 11 is 0. The Morgan fingerprint density at radius 1 is 1.60 bits per heavy atom. The van der Waals surface area contributed by atoms with E-state index in [-0.39, 0.29) is 6.04 Å². The summed E-state index contributed by atoms with van der Waals surface area (Å²) in [6, 6.07) is -0.248. The van der Waals surface area contributed by atoms with E-state index in [9.17, 15) is 5.11 Å². The van der Waals surface area contributed by atoms with E-state index in [4.69, 9.17) is 5.73 Å². The maximum Gasteiger partial charge on any atom is 0.101 e. The van der Waals surface area contributed by atoms with Gasteiger partial charge in [-0.3, -0.25) is 0 Å². The van der Waals surface area contributed by atoms with E-state index >= 15 is 0 Å². The summed E-state index contributed by atoms with van der Waals surface area (Å²) in [6.45, 7) is 1.92. The zero-order valence-corrected chi connectivity index (χ0v) is 6.12. The monoisotopic (exact) mass is 139 g/mol. The molecule has 0 heterocycles. The van der Waals surface area contributed by atoms with Crippen LogP contribution in [0.2, 0.25) is 0 Å². The van der Waals surface area contributed by atoms with Gasteiger partial charge in [0.15, 0.2) is 0 Å². The van der Waals surface area contributed by atoms with E-state index < -0.39 is 5.60 Å². The van der Waals surface area contributed by atoms with Crippen molar-refractivity contribution < 1.29 is 5.11 Å². The molecule has 1 rings (SSSR count). The first-order chi connectivity index (χ1) is 4.69. The van der Waals surface area contributed by atoms with Gasteiger partial charge in [0.2, 0.25) is 0 Å². The summed E-state index contributed by atoms with van der Waals surface area (Å²) in [5.41, 5.74) is 4.82. The molecule has 0 bridgehead atoms. The zero-order valence-electron chi connectivity index (χ0n) is 6.12. The second-order valence-corrected chi connectivity index (χ2v) is 2.61. The predicted octanol–water partition coefficient (Wildman–Crippen LogP) is 0.581. The highest BCUT2D eigenvalue weighted by molar-refractivity contribution is 5.23. The fraction of sp³-hybridized carbons (Fsp3) is 0.500. The van der Waals surface area contributed by atoms with Crippen molar-refractivity contribution in [3.63, 3.8) is 0 Å². The van der Waals surface area contributed by atoms with Crippen LogP contribution < -0.4 is 5.73 Å². The van der Waals surface area contributed by atoms with Crippen molar-refractivity contribution in [1.82, 2.24) is 0 Å². The lowest BCUT2D eigenvalue weighted by molar-refractivity contribution is 0.0723. The molecular formula is C8H13NO. The first-order valence-electron chi connectivity index (χ1n) is 3.53. The summed E-state index contributed by atoms with van der Waals surface area (Å²) in [6.07, 6.45) is 7.90. The molecule has 0 saturated carbocycles. The van der Waals surface area contributed by atoms with Crippen LogP contribution in [-0.4, -0.2) is 16.7 Å². The van der Waals surface area contributed by atoms with Gasteiger partial charge in [-0.1, -0.05) is 31.2 Å². The SMILES string of the molecule is CC[C@@]1(O)C=CC=CC1N. The lowest BCUT2D eigenvalue weighted by atomic mass is 9.88. The minimum Gasteiger partial charge on any atom is -0.384 e. The topological polar surface area (TPSA) is 46.2 Å². The molecule has 0 saturated heterocycles. The fourth-order valence-corrected chi connectivity index (χ4v) is 1.04. The zero-order chi connectivity index (χ0) is 7.61. The lowest BCUT2D eigenvalue weighted by Crippen LogP contribution is -2.45. The number of nitrogens with two attached hydrogens (primary N) is 1. The van der Waals surface area contributed by atoms with Crippen LogP contribution in [0.5, 0.6) is 0 Å². The van der Waals surface area contributed by atoms with Crippen LogP contribution in [0.4, 0.5) is 0 Å². The third kappa shape index (κ3) is 1.13. The van der Waals surface area contributed by atoms with E-state index in [0.29, 0.717) is 6.42 Å². The van der Waals surface area contributed by atoms with Gasteiger partial charge in [-0.2, -0.15) is 0 Å². The van der Waals surface area contributed by atoms with Gasteiger partial charge in [-0.25, -0.2) is 0 Å². The molecule has 0 fully saturated rings. The first kappa shape index (κ1) is 7.51. The lowest BCUT2D eigenvalue weighted by Gasteiger charge is -2.29. The standard InChI is InChI=1S/C8H13NO/c1-2-8(10)6-4-3-5-7(8)9/h3-7,10H,2,9H2,1H3/t7?,8-/m1/s1. The van der Waals surface area contributed by atoms with Crippen LogP contribution in [0, 0.1) is 0 Å². The maximum atomic E-state index is 9.69. The van der Waals surface area contributed by atoms with Crippen LogP contribution in [0.1, 0.15) is 13.3 Å². The van der Waals surface area contributed by atoms with E-state index in [1.807, 2.05) is 25.2 Å². The highest BCUT2D eigenvalue weighted by Crippen LogP contribution is 2.19. The molecule has 0 aromatic carbocycles. The molecule has 0 radical (unpaired) electrons. The van der Waals surface area contributed by atoms with E-state index in [1.54, 1.807) is 6.08 Å². The molecule has 56 valence electrons. The minimum absolute atomic E-state index is 0.248. The van der Waals surface area contributed by atoms with Crippen LogP contribution in [0.25, 0.3) is 0 Å². The second kappa shape index (κ2) is 2.56. The maximum absolute atomic E-state index is 9.69. The van der Waals surface area contributed by atoms with Gasteiger partial charge in [-0.15, -0.1) is 0 Å². The molecule has 0 spiro atoms. The molecular weight excluding hydrogens is 126 g/mol. The van der Waals surface area contributed by atoms with Crippen LogP contribution in [0.3, 0.4) is 0 Å². The molecule has 3 N–H and O–H groups in total. The quantitative estimate of drug-likeness (QED) is 0.558. The van der Waals surface area contributed by atoms with Crippen molar-refractivity contribution in [2.75, 3.05) is 0 Å². The number of hydrogen-bond donors (Lipinski definition) is 2. The molecule has 10 heavy (non-hydrogen) atoms. The highest BCUT2D eigenvalue weighted by Gasteiger charge is 2.28. The Kier molecular flexibility index (Phi) is 1.92. The minimum atomic E-state index is -0.811. The highest BCUT2D eigenvalue weighted by atomic mass is 16.3. The van der Waals surface area contributed by atoms with Crippen molar-refractivity contribution in [2.45, 2.75) is 25.0 Å². The summed E-state index contributed by atoms with van der Waals surface area (Å²) in [5, 5.41) is 9.69. The van der Waals surface area contributed by atoms with E-state index in [2.05, 4.69) is 0 Å². The molecule has 0 aliphatic heterocycles. The summed E-state index contributed by atoms with van der Waals surface area (Å²) in [4.78, 5) is 0. The Labute approximate surface area is 61.0 Å². The largest absolute Gasteiger partial charge is 0.384 e. The Bertz CT molecular complexity index is 174. The molecule has 2 nitrogen and oxygen atoms in total. The molecule has 1 aliphatic rings. The number of rotatable bonds is 1. The van der Waals surface area contributed by atoms with Gasteiger partial charge in [0.25, 0.3) is 0 Å². The number of allylic oxidation sites excluding steroid dienone is 2. The Morgan fingerprint density at radius 2 is 2.30 bits per heavy atom. The van der Waals surface area contributed by atoms with Gasteiger partial charge >= 0.3 is 0 Å². The average molecular weight is 139 g/mol. The predicted molar refractivity (Wildman–Crippen MR) is 41.5 cm³/mol. The van der Waals surface area contributed by atoms with Crippen LogP contribution in [0.15, 0.2) is 24.3 Å². The molecule has 0 aromatic heterocycles. The van der Waals surface area contributed by atoms with Crippen LogP contribution >= 0.6 is 0 Å². The Balaban J connectivity index is 2.77. The van der Waals surface area contributed by atoms with Gasteiger partial charge in [-0.05, 0) is 6.42 Å². The average Bonchev–Trinajstić information content (AvgIpc) is 1.96. The van der Waals surface area contributed by atoms with Gasteiger partial charge in [0, 0.05) is 0 Å². The summed E-state index contributed by atoms with van der Waals surface area (Å²) in [5.74, 6) is 0. The van der Waals surface area contributed by atoms with E-state index in [0.717, 1.165) is 0 Å². The van der Waals surface area contributed by atoms with Crippen LogP contribution in [-0.2, 0) is 0 Å².